The van der Waals surface area contributed by atoms with E-state index in [0.717, 1.165) is 37.9 Å². The van der Waals surface area contributed by atoms with Gasteiger partial charge in [-0.15, -0.1) is 24.9 Å². The molecule has 1 spiro atoms. The van der Waals surface area contributed by atoms with Crippen molar-refractivity contribution in [2.75, 3.05) is 59.2 Å². The van der Waals surface area contributed by atoms with Gasteiger partial charge in [0.05, 0.1) is 49.1 Å². The summed E-state index contributed by atoms with van der Waals surface area (Å²) in [5.74, 6) is -2.21. The summed E-state index contributed by atoms with van der Waals surface area (Å²) in [6, 6.07) is 7.76. The average molecular weight is 691 g/mol. The van der Waals surface area contributed by atoms with Crippen LogP contribution in [-0.4, -0.2) is 118 Å². The Kier molecular flexibility index (Phi) is 11.3. The van der Waals surface area contributed by atoms with Gasteiger partial charge in [0.1, 0.15) is 6.04 Å². The number of nitrogens with zero attached hydrogens (tertiary/aromatic N) is 3. The second-order valence-corrected chi connectivity index (χ2v) is 14.7. The molecule has 4 heterocycles. The van der Waals surface area contributed by atoms with E-state index in [4.69, 9.17) is 9.47 Å². The van der Waals surface area contributed by atoms with Gasteiger partial charge in [0.2, 0.25) is 11.8 Å². The molecule has 7 atom stereocenters. The van der Waals surface area contributed by atoms with Crippen LogP contribution in [0.15, 0.2) is 55.6 Å². The van der Waals surface area contributed by atoms with Crippen LogP contribution in [0.5, 0.6) is 0 Å². The number of fused-ring (bicyclic) bond motifs is 1. The normalized spacial score (nSPS) is 30.2. The number of aliphatic hydroxyl groups is 1. The zero-order valence-corrected chi connectivity index (χ0v) is 27.6. The summed E-state index contributed by atoms with van der Waals surface area (Å²) in [6.45, 7) is 12.0. The highest BCUT2D eigenvalue weighted by molar-refractivity contribution is 9.09. The van der Waals surface area contributed by atoms with Crippen molar-refractivity contribution < 1.29 is 29.0 Å². The minimum Gasteiger partial charge on any atom is -0.465 e. The number of hydrogen-bond donors (Lipinski definition) is 1. The number of ether oxygens (including phenoxy) is 2. The zero-order chi connectivity index (χ0) is 31.3. The molecular weight excluding hydrogens is 646 g/mol. The maximum absolute atomic E-state index is 14.8. The van der Waals surface area contributed by atoms with Crippen molar-refractivity contribution >= 4 is 45.5 Å². The molecule has 2 amide bonds. The van der Waals surface area contributed by atoms with Crippen molar-refractivity contribution in [3.63, 3.8) is 0 Å². The SMILES string of the molecule is C=CCCCCOC(=O)[C@H]1[C@H]2C(=O)N([C@H](CO)c3ccccc3)C(C(=O)N(CC=C)CCN3CCOCC3)C23CC(Br)[C@@H]1S3. The molecule has 0 radical (unpaired) electrons. The number of likely N-dealkylation sites (tertiary alicyclic amines) is 1. The predicted octanol–water partition coefficient (Wildman–Crippen LogP) is 3.43. The van der Waals surface area contributed by atoms with E-state index in [2.05, 4.69) is 34.0 Å². The maximum atomic E-state index is 14.8. The number of alkyl halides is 1. The van der Waals surface area contributed by atoms with Crippen LogP contribution in [0, 0.1) is 11.8 Å². The number of thioether (sulfide) groups is 1. The lowest BCUT2D eigenvalue weighted by Crippen LogP contribution is -2.57. The van der Waals surface area contributed by atoms with Gasteiger partial charge in [-0.25, -0.2) is 0 Å². The lowest BCUT2D eigenvalue weighted by molar-refractivity contribution is -0.154. The third kappa shape index (κ3) is 6.40. The molecule has 44 heavy (non-hydrogen) atoms. The first-order valence-electron chi connectivity index (χ1n) is 15.6. The molecule has 0 aromatic heterocycles. The van der Waals surface area contributed by atoms with Crippen LogP contribution in [0.25, 0.3) is 0 Å². The Morgan fingerprint density at radius 3 is 2.64 bits per heavy atom. The zero-order valence-electron chi connectivity index (χ0n) is 25.2. The summed E-state index contributed by atoms with van der Waals surface area (Å²) in [5, 5.41) is 10.6. The summed E-state index contributed by atoms with van der Waals surface area (Å²) in [6.07, 6.45) is 6.56. The van der Waals surface area contributed by atoms with Crippen LogP contribution in [0.3, 0.4) is 0 Å². The van der Waals surface area contributed by atoms with Gasteiger partial charge in [-0.1, -0.05) is 58.4 Å². The number of amides is 2. The predicted molar refractivity (Wildman–Crippen MR) is 174 cm³/mol. The van der Waals surface area contributed by atoms with E-state index < -0.39 is 28.7 Å². The number of allylic oxidation sites excluding steroid dienone is 1. The number of aliphatic hydroxyl groups excluding tert-OH is 1. The van der Waals surface area contributed by atoms with Gasteiger partial charge in [-0.05, 0) is 31.2 Å². The van der Waals surface area contributed by atoms with Crippen LogP contribution < -0.4 is 0 Å². The smallest absolute Gasteiger partial charge is 0.310 e. The number of benzene rings is 1. The Labute approximate surface area is 273 Å². The number of halogens is 1. The van der Waals surface area contributed by atoms with Crippen molar-refractivity contribution in [2.24, 2.45) is 11.8 Å². The Morgan fingerprint density at radius 1 is 1.20 bits per heavy atom. The van der Waals surface area contributed by atoms with E-state index in [9.17, 15) is 19.5 Å². The summed E-state index contributed by atoms with van der Waals surface area (Å²) in [4.78, 5) is 48.7. The number of carbonyl (C=O) groups is 3. The van der Waals surface area contributed by atoms with E-state index in [-0.39, 0.29) is 41.1 Å². The van der Waals surface area contributed by atoms with Crippen molar-refractivity contribution in [3.05, 3.63) is 61.2 Å². The van der Waals surface area contributed by atoms with Crippen molar-refractivity contribution in [1.82, 2.24) is 14.7 Å². The summed E-state index contributed by atoms with van der Waals surface area (Å²) in [5.41, 5.74) is 0.748. The van der Waals surface area contributed by atoms with Crippen molar-refractivity contribution in [1.29, 1.82) is 0 Å². The van der Waals surface area contributed by atoms with Gasteiger partial charge in [-0.2, -0.15) is 0 Å². The molecule has 1 aromatic rings. The fraction of sp³-hybridized carbons (Fsp3) is 0.606. The topological polar surface area (TPSA) is 99.6 Å². The van der Waals surface area contributed by atoms with Crippen LogP contribution >= 0.6 is 27.7 Å². The van der Waals surface area contributed by atoms with E-state index in [1.807, 2.05) is 36.4 Å². The lowest BCUT2D eigenvalue weighted by atomic mass is 9.71. The number of unbranched alkanes of at least 4 members (excludes halogenated alkanes) is 2. The molecule has 4 aliphatic rings. The Bertz CT molecular complexity index is 1200. The summed E-state index contributed by atoms with van der Waals surface area (Å²) >= 11 is 5.41. The average Bonchev–Trinajstić information content (AvgIpc) is 3.63. The monoisotopic (exact) mass is 689 g/mol. The highest BCUT2D eigenvalue weighted by Gasteiger charge is 2.76. The molecule has 3 unspecified atom stereocenters. The molecular formula is C33H44BrN3O6S. The van der Waals surface area contributed by atoms with Gasteiger partial charge in [0.15, 0.2) is 0 Å². The van der Waals surface area contributed by atoms with Crippen LogP contribution in [0.2, 0.25) is 0 Å². The highest BCUT2D eigenvalue weighted by atomic mass is 79.9. The van der Waals surface area contributed by atoms with E-state index in [0.29, 0.717) is 39.3 Å². The number of carbonyl (C=O) groups excluding carboxylic acids is 3. The first-order chi connectivity index (χ1) is 21.4. The van der Waals surface area contributed by atoms with E-state index >= 15 is 0 Å². The molecule has 1 N–H and O–H groups in total. The Balaban J connectivity index is 1.49. The number of esters is 1. The van der Waals surface area contributed by atoms with Gasteiger partial charge in [-0.3, -0.25) is 19.3 Å². The molecule has 0 aliphatic carbocycles. The van der Waals surface area contributed by atoms with Crippen LogP contribution in [-0.2, 0) is 23.9 Å². The van der Waals surface area contributed by atoms with Gasteiger partial charge >= 0.3 is 5.97 Å². The molecule has 5 rings (SSSR count). The molecule has 2 bridgehead atoms. The quantitative estimate of drug-likeness (QED) is 0.130. The summed E-state index contributed by atoms with van der Waals surface area (Å²) in [7, 11) is 0. The Hall–Kier alpha value is -2.18. The first kappa shape index (κ1) is 33.2. The maximum Gasteiger partial charge on any atom is 0.310 e. The first-order valence-corrected chi connectivity index (χ1v) is 17.4. The fourth-order valence-corrected chi connectivity index (χ4v) is 10.9. The molecule has 4 fully saturated rings. The number of rotatable bonds is 15. The minimum atomic E-state index is -0.859. The third-order valence-corrected chi connectivity index (χ3v) is 12.6. The van der Waals surface area contributed by atoms with Crippen LogP contribution in [0.1, 0.15) is 37.3 Å². The van der Waals surface area contributed by atoms with Crippen molar-refractivity contribution in [3.8, 4) is 0 Å². The largest absolute Gasteiger partial charge is 0.465 e. The molecule has 4 aliphatic heterocycles. The van der Waals surface area contributed by atoms with Gasteiger partial charge in [0, 0.05) is 42.8 Å². The van der Waals surface area contributed by atoms with Crippen molar-refractivity contribution in [2.45, 2.75) is 52.6 Å². The molecule has 11 heteroatoms. The minimum absolute atomic E-state index is 0.0596. The molecule has 9 nitrogen and oxygen atoms in total. The molecule has 1 aromatic carbocycles. The molecule has 4 saturated heterocycles. The van der Waals surface area contributed by atoms with Gasteiger partial charge in [0.25, 0.3) is 0 Å². The second kappa shape index (κ2) is 14.9. The van der Waals surface area contributed by atoms with Gasteiger partial charge < -0.3 is 24.4 Å². The number of morpholine rings is 1. The second-order valence-electron chi connectivity index (χ2n) is 12.0. The Morgan fingerprint density at radius 2 is 1.95 bits per heavy atom. The molecule has 0 saturated carbocycles. The highest BCUT2D eigenvalue weighted by Crippen LogP contribution is 2.68. The van der Waals surface area contributed by atoms with Crippen LogP contribution in [0.4, 0.5) is 0 Å². The third-order valence-electron chi connectivity index (χ3n) is 9.42. The van der Waals surface area contributed by atoms with E-state index in [1.165, 1.54) is 0 Å². The molecule has 240 valence electrons. The summed E-state index contributed by atoms with van der Waals surface area (Å²) < 4.78 is 10.4. The standard InChI is InChI=1S/C33H44BrN3O6S/c1-3-5-6-10-18-43-32(41)26-27-30(39)37(25(22-38)23-11-8-7-9-12-23)29(33(27)21-24(34)28(26)44-33)31(40)36(13-4-2)15-14-35-16-19-42-20-17-35/h3-4,7-9,11-12,24-29,38H,1-2,5-6,10,13-22H2/t24?,25-,26+,27+,28+,29?,33?/m1/s1. The lowest BCUT2D eigenvalue weighted by Gasteiger charge is -2.40. The number of hydrogen-bond acceptors (Lipinski definition) is 8. The fourth-order valence-electron chi connectivity index (χ4n) is 7.35. The van der Waals surface area contributed by atoms with E-state index in [1.54, 1.807) is 27.6 Å².